The molecule has 2 rings (SSSR count). The lowest BCUT2D eigenvalue weighted by atomic mass is 10.0. The number of nitrogens with one attached hydrogen (secondary N) is 1. The summed E-state index contributed by atoms with van der Waals surface area (Å²) >= 11 is 0. The van der Waals surface area contributed by atoms with Crippen molar-refractivity contribution in [2.45, 2.75) is 26.2 Å². The van der Waals surface area contributed by atoms with Gasteiger partial charge in [0.05, 0.1) is 4.92 Å². The van der Waals surface area contributed by atoms with Crippen LogP contribution >= 0.6 is 0 Å². The highest BCUT2D eigenvalue weighted by molar-refractivity contribution is 5.99. The molecule has 6 nitrogen and oxygen atoms in total. The normalized spacial score (nSPS) is 15.7. The molecule has 2 N–H and O–H groups in total. The van der Waals surface area contributed by atoms with Crippen LogP contribution in [0.5, 0.6) is 0 Å². The maximum absolute atomic E-state index is 12.2. The summed E-state index contributed by atoms with van der Waals surface area (Å²) in [4.78, 5) is 22.6. The van der Waals surface area contributed by atoms with Crippen LogP contribution in [0.2, 0.25) is 0 Å². The number of aliphatic hydroxyl groups excluding tert-OH is 1. The van der Waals surface area contributed by atoms with Crippen LogP contribution in [0.25, 0.3) is 0 Å². The van der Waals surface area contributed by atoms with Crippen molar-refractivity contribution in [3.05, 3.63) is 39.4 Å². The predicted octanol–water partition coefficient (Wildman–Crippen LogP) is 1.80. The topological polar surface area (TPSA) is 92.5 Å². The number of hydrogen-bond donors (Lipinski definition) is 2. The van der Waals surface area contributed by atoms with Gasteiger partial charge in [0.2, 0.25) is 0 Å². The SMILES string of the molecule is Cc1cccc([N+](=O)[O-])c1C(=O)NCC1(CCO)CC1. The second-order valence-electron chi connectivity index (χ2n) is 5.38. The fourth-order valence-electron chi connectivity index (χ4n) is 2.39. The van der Waals surface area contributed by atoms with Crippen molar-refractivity contribution in [2.24, 2.45) is 5.41 Å². The Morgan fingerprint density at radius 2 is 2.20 bits per heavy atom. The summed E-state index contributed by atoms with van der Waals surface area (Å²) in [6.45, 7) is 2.24. The molecule has 1 aliphatic carbocycles. The van der Waals surface area contributed by atoms with E-state index in [0.29, 0.717) is 18.5 Å². The van der Waals surface area contributed by atoms with Gasteiger partial charge in [-0.3, -0.25) is 14.9 Å². The Hall–Kier alpha value is -1.95. The van der Waals surface area contributed by atoms with Crippen molar-refractivity contribution < 1.29 is 14.8 Å². The zero-order valence-corrected chi connectivity index (χ0v) is 11.4. The Labute approximate surface area is 117 Å². The largest absolute Gasteiger partial charge is 0.396 e. The molecule has 0 aromatic heterocycles. The van der Waals surface area contributed by atoms with E-state index in [-0.39, 0.29) is 23.3 Å². The minimum Gasteiger partial charge on any atom is -0.396 e. The maximum atomic E-state index is 12.2. The number of aliphatic hydroxyl groups is 1. The van der Waals surface area contributed by atoms with Gasteiger partial charge < -0.3 is 10.4 Å². The minimum absolute atomic E-state index is 0.0120. The van der Waals surface area contributed by atoms with Gasteiger partial charge in [0.15, 0.2) is 0 Å². The van der Waals surface area contributed by atoms with Crippen LogP contribution in [0, 0.1) is 22.5 Å². The van der Waals surface area contributed by atoms with E-state index >= 15 is 0 Å². The molecule has 1 saturated carbocycles. The standard InChI is InChI=1S/C14H18N2O4/c1-10-3-2-4-11(16(19)20)12(10)13(18)15-9-14(5-6-14)7-8-17/h2-4,17H,5-9H2,1H3,(H,15,18). The summed E-state index contributed by atoms with van der Waals surface area (Å²) in [5.74, 6) is -0.418. The number of amides is 1. The predicted molar refractivity (Wildman–Crippen MR) is 73.5 cm³/mol. The summed E-state index contributed by atoms with van der Waals surface area (Å²) in [6, 6.07) is 4.59. The van der Waals surface area contributed by atoms with E-state index in [1.807, 2.05) is 0 Å². The lowest BCUT2D eigenvalue weighted by Crippen LogP contribution is -2.31. The highest BCUT2D eigenvalue weighted by Crippen LogP contribution is 2.47. The van der Waals surface area contributed by atoms with E-state index in [4.69, 9.17) is 5.11 Å². The number of nitro benzene ring substituents is 1. The highest BCUT2D eigenvalue weighted by Gasteiger charge is 2.42. The van der Waals surface area contributed by atoms with Crippen LogP contribution in [-0.4, -0.2) is 29.1 Å². The Bertz CT molecular complexity index is 538. The van der Waals surface area contributed by atoms with Crippen molar-refractivity contribution in [1.82, 2.24) is 5.32 Å². The first-order valence-corrected chi connectivity index (χ1v) is 6.62. The molecular formula is C14H18N2O4. The zero-order valence-electron chi connectivity index (χ0n) is 11.4. The van der Waals surface area contributed by atoms with Crippen molar-refractivity contribution in [3.8, 4) is 0 Å². The van der Waals surface area contributed by atoms with Crippen LogP contribution in [-0.2, 0) is 0 Å². The lowest BCUT2D eigenvalue weighted by Gasteiger charge is -2.15. The summed E-state index contributed by atoms with van der Waals surface area (Å²) in [6.07, 6.45) is 2.61. The molecule has 1 fully saturated rings. The molecule has 1 aromatic rings. The molecule has 0 unspecified atom stereocenters. The first kappa shape index (κ1) is 14.5. The van der Waals surface area contributed by atoms with Crippen molar-refractivity contribution in [3.63, 3.8) is 0 Å². The third-order valence-electron chi connectivity index (χ3n) is 3.90. The molecule has 0 saturated heterocycles. The van der Waals surface area contributed by atoms with Crippen LogP contribution in [0.1, 0.15) is 35.2 Å². The van der Waals surface area contributed by atoms with Crippen molar-refractivity contribution >= 4 is 11.6 Å². The Balaban J connectivity index is 2.12. The van der Waals surface area contributed by atoms with E-state index in [1.165, 1.54) is 6.07 Å². The number of hydrogen-bond acceptors (Lipinski definition) is 4. The van der Waals surface area contributed by atoms with E-state index < -0.39 is 10.8 Å². The van der Waals surface area contributed by atoms with E-state index in [9.17, 15) is 14.9 Å². The van der Waals surface area contributed by atoms with Crippen LogP contribution in [0.15, 0.2) is 18.2 Å². The number of carbonyl (C=O) groups is 1. The second kappa shape index (κ2) is 5.58. The fourth-order valence-corrected chi connectivity index (χ4v) is 2.39. The molecule has 0 atom stereocenters. The summed E-state index contributed by atoms with van der Waals surface area (Å²) in [5.41, 5.74) is 0.525. The van der Waals surface area contributed by atoms with Gasteiger partial charge in [0.25, 0.3) is 11.6 Å². The first-order chi connectivity index (χ1) is 9.49. The molecule has 0 spiro atoms. The average Bonchev–Trinajstić information content (AvgIpc) is 3.16. The molecule has 20 heavy (non-hydrogen) atoms. The van der Waals surface area contributed by atoms with Crippen molar-refractivity contribution in [1.29, 1.82) is 0 Å². The van der Waals surface area contributed by atoms with Crippen LogP contribution < -0.4 is 5.32 Å². The molecule has 0 heterocycles. The molecule has 0 aliphatic heterocycles. The van der Waals surface area contributed by atoms with Crippen LogP contribution in [0.3, 0.4) is 0 Å². The van der Waals surface area contributed by atoms with Gasteiger partial charge in [-0.05, 0) is 37.2 Å². The number of benzene rings is 1. The third kappa shape index (κ3) is 2.96. The lowest BCUT2D eigenvalue weighted by molar-refractivity contribution is -0.385. The number of nitro groups is 1. The van der Waals surface area contributed by atoms with E-state index in [1.54, 1.807) is 19.1 Å². The number of nitrogens with zero attached hydrogens (tertiary/aromatic N) is 1. The van der Waals surface area contributed by atoms with Crippen LogP contribution in [0.4, 0.5) is 5.69 Å². The fraction of sp³-hybridized carbons (Fsp3) is 0.500. The zero-order chi connectivity index (χ0) is 14.8. The van der Waals surface area contributed by atoms with Gasteiger partial charge >= 0.3 is 0 Å². The van der Waals surface area contributed by atoms with E-state index in [0.717, 1.165) is 12.8 Å². The smallest absolute Gasteiger partial charge is 0.282 e. The van der Waals surface area contributed by atoms with Gasteiger partial charge in [-0.15, -0.1) is 0 Å². The number of rotatable bonds is 6. The Kier molecular flexibility index (Phi) is 4.04. The molecule has 1 aromatic carbocycles. The number of aryl methyl sites for hydroxylation is 1. The Morgan fingerprint density at radius 3 is 2.75 bits per heavy atom. The second-order valence-corrected chi connectivity index (χ2v) is 5.38. The first-order valence-electron chi connectivity index (χ1n) is 6.62. The molecule has 0 bridgehead atoms. The molecule has 6 heteroatoms. The summed E-state index contributed by atoms with van der Waals surface area (Å²) in [7, 11) is 0. The molecular weight excluding hydrogens is 260 g/mol. The summed E-state index contributed by atoms with van der Waals surface area (Å²) in [5, 5.41) is 22.7. The molecule has 1 amide bonds. The third-order valence-corrected chi connectivity index (χ3v) is 3.90. The summed E-state index contributed by atoms with van der Waals surface area (Å²) < 4.78 is 0. The van der Waals surface area contributed by atoms with Gasteiger partial charge in [-0.1, -0.05) is 12.1 Å². The maximum Gasteiger partial charge on any atom is 0.282 e. The quantitative estimate of drug-likeness (QED) is 0.613. The van der Waals surface area contributed by atoms with E-state index in [2.05, 4.69) is 5.32 Å². The van der Waals surface area contributed by atoms with Gasteiger partial charge in [-0.2, -0.15) is 0 Å². The van der Waals surface area contributed by atoms with Gasteiger partial charge in [0, 0.05) is 19.2 Å². The monoisotopic (exact) mass is 278 g/mol. The minimum atomic E-state index is -0.539. The van der Waals surface area contributed by atoms with Gasteiger partial charge in [-0.25, -0.2) is 0 Å². The average molecular weight is 278 g/mol. The molecule has 108 valence electrons. The van der Waals surface area contributed by atoms with Gasteiger partial charge in [0.1, 0.15) is 5.56 Å². The Morgan fingerprint density at radius 1 is 1.50 bits per heavy atom. The van der Waals surface area contributed by atoms with Crippen molar-refractivity contribution in [2.75, 3.05) is 13.2 Å². The molecule has 0 radical (unpaired) electrons. The highest BCUT2D eigenvalue weighted by atomic mass is 16.6. The number of carbonyl (C=O) groups excluding carboxylic acids is 1. The molecule has 1 aliphatic rings.